The van der Waals surface area contributed by atoms with Crippen molar-refractivity contribution in [1.29, 1.82) is 0 Å². The van der Waals surface area contributed by atoms with Gasteiger partial charge in [-0.15, -0.1) is 12.4 Å². The highest BCUT2D eigenvalue weighted by Crippen LogP contribution is 2.15. The minimum Gasteiger partial charge on any atom is -0.497 e. The maximum absolute atomic E-state index is 12.4. The minimum atomic E-state index is -0.0279. The summed E-state index contributed by atoms with van der Waals surface area (Å²) in [4.78, 5) is 27.7. The largest absolute Gasteiger partial charge is 0.497 e. The van der Waals surface area contributed by atoms with Gasteiger partial charge in [-0.3, -0.25) is 9.59 Å². The minimum absolute atomic E-state index is 0. The lowest BCUT2D eigenvalue weighted by Gasteiger charge is -2.34. The number of nitrogens with two attached hydrogens (primary N) is 1. The molecule has 1 aliphatic heterocycles. The van der Waals surface area contributed by atoms with Gasteiger partial charge in [0.15, 0.2) is 0 Å². The van der Waals surface area contributed by atoms with Gasteiger partial charge in [0.2, 0.25) is 5.91 Å². The number of piperazine rings is 1. The van der Waals surface area contributed by atoms with Crippen LogP contribution in [0.2, 0.25) is 0 Å². The number of benzene rings is 1. The predicted octanol–water partition coefficient (Wildman–Crippen LogP) is 0.750. The van der Waals surface area contributed by atoms with Gasteiger partial charge in [-0.25, -0.2) is 0 Å². The van der Waals surface area contributed by atoms with E-state index in [2.05, 4.69) is 0 Å². The van der Waals surface area contributed by atoms with E-state index < -0.39 is 0 Å². The Morgan fingerprint density at radius 2 is 1.82 bits per heavy atom. The van der Waals surface area contributed by atoms with E-state index in [4.69, 9.17) is 10.5 Å². The van der Waals surface area contributed by atoms with E-state index in [1.165, 1.54) is 0 Å². The van der Waals surface area contributed by atoms with Gasteiger partial charge >= 0.3 is 0 Å². The second-order valence-corrected chi connectivity index (χ2v) is 4.94. The number of halogens is 1. The van der Waals surface area contributed by atoms with Crippen LogP contribution in [0.3, 0.4) is 0 Å². The molecule has 0 bridgehead atoms. The predicted molar refractivity (Wildman–Crippen MR) is 86.4 cm³/mol. The van der Waals surface area contributed by atoms with Gasteiger partial charge in [-0.1, -0.05) is 6.07 Å². The molecule has 0 spiro atoms. The van der Waals surface area contributed by atoms with Crippen molar-refractivity contribution in [3.05, 3.63) is 29.8 Å². The molecule has 0 aromatic heterocycles. The normalized spacial score (nSPS) is 14.3. The number of hydrogen-bond acceptors (Lipinski definition) is 4. The second kappa shape index (κ2) is 8.60. The summed E-state index contributed by atoms with van der Waals surface area (Å²) in [5.41, 5.74) is 6.00. The van der Waals surface area contributed by atoms with E-state index in [0.29, 0.717) is 50.5 Å². The Kier molecular flexibility index (Phi) is 7.14. The van der Waals surface area contributed by atoms with Gasteiger partial charge in [0.1, 0.15) is 5.75 Å². The first-order valence-corrected chi connectivity index (χ1v) is 7.07. The van der Waals surface area contributed by atoms with Gasteiger partial charge in [-0.05, 0) is 18.2 Å². The topological polar surface area (TPSA) is 75.9 Å². The lowest BCUT2D eigenvalue weighted by atomic mass is 10.1. The number of methoxy groups -OCH3 is 1. The van der Waals surface area contributed by atoms with Crippen molar-refractivity contribution in [3.63, 3.8) is 0 Å². The number of rotatable bonds is 4. The van der Waals surface area contributed by atoms with Crippen molar-refractivity contribution in [1.82, 2.24) is 9.80 Å². The van der Waals surface area contributed by atoms with Gasteiger partial charge in [0.25, 0.3) is 5.91 Å². The van der Waals surface area contributed by atoms with Crippen LogP contribution in [-0.4, -0.2) is 61.4 Å². The number of nitrogens with zero attached hydrogens (tertiary/aromatic N) is 2. The number of carbonyl (C=O) groups is 2. The smallest absolute Gasteiger partial charge is 0.254 e. The SMILES string of the molecule is COc1cccc(C(=O)N2CCN(C(=O)CCN)CC2)c1.Cl. The van der Waals surface area contributed by atoms with Crippen LogP contribution < -0.4 is 10.5 Å². The van der Waals surface area contributed by atoms with E-state index in [-0.39, 0.29) is 24.2 Å². The average molecular weight is 328 g/mol. The monoisotopic (exact) mass is 327 g/mol. The van der Waals surface area contributed by atoms with Gasteiger partial charge in [0.05, 0.1) is 7.11 Å². The summed E-state index contributed by atoms with van der Waals surface area (Å²) in [5, 5.41) is 0. The average Bonchev–Trinajstić information content (AvgIpc) is 2.54. The molecule has 1 heterocycles. The molecule has 0 unspecified atom stereocenters. The molecule has 2 N–H and O–H groups in total. The Hall–Kier alpha value is -1.79. The molecule has 2 amide bonds. The van der Waals surface area contributed by atoms with Gasteiger partial charge < -0.3 is 20.3 Å². The highest BCUT2D eigenvalue weighted by atomic mass is 35.5. The van der Waals surface area contributed by atoms with Gasteiger partial charge in [0, 0.05) is 44.7 Å². The first-order valence-electron chi connectivity index (χ1n) is 7.07. The Morgan fingerprint density at radius 1 is 1.18 bits per heavy atom. The molecule has 0 saturated carbocycles. The van der Waals surface area contributed by atoms with Gasteiger partial charge in [-0.2, -0.15) is 0 Å². The molecule has 1 fully saturated rings. The third kappa shape index (κ3) is 4.35. The molecule has 1 aliphatic rings. The van der Waals surface area contributed by atoms with E-state index in [0.717, 1.165) is 0 Å². The number of amides is 2. The third-order valence-electron chi connectivity index (χ3n) is 3.59. The maximum atomic E-state index is 12.4. The molecule has 1 aromatic carbocycles. The van der Waals surface area contributed by atoms with Crippen LogP contribution in [0.4, 0.5) is 0 Å². The molecule has 1 aromatic rings. The molecule has 22 heavy (non-hydrogen) atoms. The fourth-order valence-corrected chi connectivity index (χ4v) is 2.38. The highest BCUT2D eigenvalue weighted by molar-refractivity contribution is 5.94. The fraction of sp³-hybridized carbons (Fsp3) is 0.467. The van der Waals surface area contributed by atoms with E-state index >= 15 is 0 Å². The standard InChI is InChI=1S/C15H21N3O3.ClH/c1-21-13-4-2-3-12(11-13)15(20)18-9-7-17(8-10-18)14(19)5-6-16;/h2-4,11H,5-10,16H2,1H3;1H. The fourth-order valence-electron chi connectivity index (χ4n) is 2.38. The first-order chi connectivity index (χ1) is 10.2. The van der Waals surface area contributed by atoms with Crippen LogP contribution in [0.5, 0.6) is 5.75 Å². The zero-order chi connectivity index (χ0) is 15.2. The van der Waals surface area contributed by atoms with Crippen LogP contribution in [0.1, 0.15) is 16.8 Å². The van der Waals surface area contributed by atoms with Crippen molar-refractivity contribution >= 4 is 24.2 Å². The van der Waals surface area contributed by atoms with Crippen LogP contribution in [0.15, 0.2) is 24.3 Å². The molecule has 6 nitrogen and oxygen atoms in total. The van der Waals surface area contributed by atoms with Crippen molar-refractivity contribution in [3.8, 4) is 5.75 Å². The Morgan fingerprint density at radius 3 is 2.41 bits per heavy atom. The van der Waals surface area contributed by atoms with Crippen LogP contribution in [0, 0.1) is 0 Å². The van der Waals surface area contributed by atoms with Crippen molar-refractivity contribution in [2.45, 2.75) is 6.42 Å². The number of carbonyl (C=O) groups excluding carboxylic acids is 2. The Bertz CT molecular complexity index is 517. The van der Waals surface area contributed by atoms with Crippen LogP contribution >= 0.6 is 12.4 Å². The summed E-state index contributed by atoms with van der Waals surface area (Å²) in [5.74, 6) is 0.698. The summed E-state index contributed by atoms with van der Waals surface area (Å²) in [6, 6.07) is 7.11. The molecule has 1 saturated heterocycles. The van der Waals surface area contributed by atoms with Crippen molar-refractivity contribution in [2.75, 3.05) is 39.8 Å². The number of ether oxygens (including phenoxy) is 1. The van der Waals surface area contributed by atoms with E-state index in [1.807, 2.05) is 0 Å². The third-order valence-corrected chi connectivity index (χ3v) is 3.59. The molecular weight excluding hydrogens is 306 g/mol. The first kappa shape index (κ1) is 18.3. The quantitative estimate of drug-likeness (QED) is 0.885. The zero-order valence-electron chi connectivity index (χ0n) is 12.7. The summed E-state index contributed by atoms with van der Waals surface area (Å²) in [6.07, 6.45) is 0.365. The van der Waals surface area contributed by atoms with Crippen LogP contribution in [0.25, 0.3) is 0 Å². The molecule has 2 rings (SSSR count). The summed E-state index contributed by atoms with van der Waals surface area (Å²) in [7, 11) is 1.57. The molecule has 122 valence electrons. The van der Waals surface area contributed by atoms with Crippen molar-refractivity contribution < 1.29 is 14.3 Å². The zero-order valence-corrected chi connectivity index (χ0v) is 13.5. The van der Waals surface area contributed by atoms with E-state index in [9.17, 15) is 9.59 Å². The van der Waals surface area contributed by atoms with Crippen LogP contribution in [-0.2, 0) is 4.79 Å². The maximum Gasteiger partial charge on any atom is 0.254 e. The van der Waals surface area contributed by atoms with Crippen molar-refractivity contribution in [2.24, 2.45) is 5.73 Å². The molecule has 0 aliphatic carbocycles. The summed E-state index contributed by atoms with van der Waals surface area (Å²) < 4.78 is 5.13. The Labute approximate surface area is 136 Å². The summed E-state index contributed by atoms with van der Waals surface area (Å²) >= 11 is 0. The Balaban J connectivity index is 0.00000242. The molecule has 0 atom stereocenters. The highest BCUT2D eigenvalue weighted by Gasteiger charge is 2.24. The van der Waals surface area contributed by atoms with E-state index in [1.54, 1.807) is 41.2 Å². The molecule has 7 heteroatoms. The lowest BCUT2D eigenvalue weighted by Crippen LogP contribution is -2.50. The second-order valence-electron chi connectivity index (χ2n) is 4.94. The lowest BCUT2D eigenvalue weighted by molar-refractivity contribution is -0.132. The molecule has 0 radical (unpaired) electrons. The molecular formula is C15H22ClN3O3. The number of hydrogen-bond donors (Lipinski definition) is 1. The summed E-state index contributed by atoms with van der Waals surface area (Å²) in [6.45, 7) is 2.59.